The Morgan fingerprint density at radius 1 is 1.35 bits per heavy atom. The van der Waals surface area contributed by atoms with Crippen LogP contribution in [-0.4, -0.2) is 57.4 Å². The molecule has 9 nitrogen and oxygen atoms in total. The average molecular weight is 359 g/mol. The highest BCUT2D eigenvalue weighted by molar-refractivity contribution is 5.25. The van der Waals surface area contributed by atoms with Crippen LogP contribution in [-0.2, 0) is 6.54 Å². The molecule has 0 radical (unpaired) electrons. The molecule has 1 fully saturated rings. The smallest absolute Gasteiger partial charge is 0.415 e. The molecule has 0 amide bonds. The lowest BCUT2D eigenvalue weighted by Gasteiger charge is -2.41. The van der Waals surface area contributed by atoms with Crippen LogP contribution >= 0.6 is 0 Å². The first-order chi connectivity index (χ1) is 12.5. The average Bonchev–Trinajstić information content (AvgIpc) is 3.17. The van der Waals surface area contributed by atoms with E-state index in [2.05, 4.69) is 15.2 Å². The summed E-state index contributed by atoms with van der Waals surface area (Å²) in [5, 5.41) is 14.3. The Labute approximate surface area is 150 Å². The van der Waals surface area contributed by atoms with Crippen LogP contribution in [0.4, 0.5) is 5.82 Å². The molecule has 2 aliphatic heterocycles. The molecule has 2 aliphatic rings. The number of nitrogens with zero attached hydrogens (tertiary/aromatic N) is 4. The largest absolute Gasteiger partial charge is 0.471 e. The Balaban J connectivity index is 1.60. The molecule has 138 valence electrons. The predicted octanol–water partition coefficient (Wildman–Crippen LogP) is 1.25. The van der Waals surface area contributed by atoms with E-state index in [1.807, 2.05) is 37.3 Å². The van der Waals surface area contributed by atoms with E-state index in [9.17, 15) is 10.1 Å². The Kier molecular flexibility index (Phi) is 4.25. The van der Waals surface area contributed by atoms with Crippen molar-refractivity contribution < 1.29 is 14.4 Å². The number of benzene rings is 1. The second-order valence-corrected chi connectivity index (χ2v) is 6.75. The Hall–Kier alpha value is -2.65. The highest BCUT2D eigenvalue weighted by Gasteiger charge is 2.50. The fourth-order valence-corrected chi connectivity index (χ4v) is 3.51. The van der Waals surface area contributed by atoms with Crippen LogP contribution in [0.3, 0.4) is 0 Å². The predicted molar refractivity (Wildman–Crippen MR) is 93.2 cm³/mol. The molecule has 2 aromatic rings. The number of piperazine rings is 1. The van der Waals surface area contributed by atoms with Crippen LogP contribution in [0.5, 0.6) is 11.8 Å². The van der Waals surface area contributed by atoms with Crippen molar-refractivity contribution in [1.29, 1.82) is 0 Å². The zero-order valence-corrected chi connectivity index (χ0v) is 14.5. The zero-order chi connectivity index (χ0) is 18.1. The molecule has 2 unspecified atom stereocenters. The summed E-state index contributed by atoms with van der Waals surface area (Å²) < 4.78 is 14.1. The highest BCUT2D eigenvalue weighted by Crippen LogP contribution is 2.35. The third kappa shape index (κ3) is 3.11. The normalized spacial score (nSPS) is 23.9. The molecule has 0 aliphatic carbocycles. The molecule has 1 aromatic heterocycles. The lowest BCUT2D eigenvalue weighted by molar-refractivity contribution is -0.389. The number of hydrogen-bond acceptors (Lipinski definition) is 7. The van der Waals surface area contributed by atoms with Crippen molar-refractivity contribution in [2.45, 2.75) is 25.3 Å². The van der Waals surface area contributed by atoms with Gasteiger partial charge in [0.05, 0.1) is 6.54 Å². The van der Waals surface area contributed by atoms with Crippen molar-refractivity contribution in [2.75, 3.05) is 26.2 Å². The van der Waals surface area contributed by atoms with Gasteiger partial charge in [-0.1, -0.05) is 18.2 Å². The van der Waals surface area contributed by atoms with Crippen LogP contribution in [0.15, 0.2) is 36.5 Å². The van der Waals surface area contributed by atoms with Gasteiger partial charge in [0, 0.05) is 31.2 Å². The van der Waals surface area contributed by atoms with Crippen molar-refractivity contribution >= 4 is 5.82 Å². The van der Waals surface area contributed by atoms with Gasteiger partial charge in [0.1, 0.15) is 11.9 Å². The lowest BCUT2D eigenvalue weighted by Crippen LogP contribution is -2.61. The van der Waals surface area contributed by atoms with Gasteiger partial charge in [0.15, 0.2) is 11.8 Å². The number of hydrogen-bond donors (Lipinski definition) is 1. The molecule has 0 spiro atoms. The maximum Gasteiger partial charge on any atom is 0.415 e. The molecule has 2 atom stereocenters. The standard InChI is InChI=1S/C17H21N5O4/c1-17(12-21-11-14(22(23)24)19-16(21)26-17)15(20-9-7-18-8-10-20)25-13-5-3-2-4-6-13/h2-6,11,15,18H,7-10,12H2,1H3. The van der Waals surface area contributed by atoms with Crippen molar-refractivity contribution in [3.05, 3.63) is 46.6 Å². The SMILES string of the molecule is CC1(C(Oc2ccccc2)N2CCNCC2)Cn2cc([N+](=O)[O-])nc2O1. The van der Waals surface area contributed by atoms with Crippen molar-refractivity contribution in [3.8, 4) is 11.8 Å². The second-order valence-electron chi connectivity index (χ2n) is 6.75. The number of nitrogens with one attached hydrogen (secondary N) is 1. The van der Waals surface area contributed by atoms with Crippen molar-refractivity contribution in [1.82, 2.24) is 19.8 Å². The van der Waals surface area contributed by atoms with Crippen LogP contribution in [0.2, 0.25) is 0 Å². The van der Waals surface area contributed by atoms with Gasteiger partial charge in [-0.2, -0.15) is 0 Å². The number of imidazole rings is 1. The topological polar surface area (TPSA) is 94.7 Å². The third-order valence-electron chi connectivity index (χ3n) is 4.72. The van der Waals surface area contributed by atoms with Gasteiger partial charge >= 0.3 is 11.8 Å². The molecule has 3 heterocycles. The molecular weight excluding hydrogens is 338 g/mol. The number of nitro groups is 1. The quantitative estimate of drug-likeness (QED) is 0.634. The van der Waals surface area contributed by atoms with E-state index in [0.717, 1.165) is 31.9 Å². The van der Waals surface area contributed by atoms with Crippen molar-refractivity contribution in [2.24, 2.45) is 0 Å². The van der Waals surface area contributed by atoms with E-state index in [0.29, 0.717) is 6.54 Å². The fraction of sp³-hybridized carbons (Fsp3) is 0.471. The van der Waals surface area contributed by atoms with Gasteiger partial charge in [-0.15, -0.1) is 0 Å². The minimum atomic E-state index is -0.704. The number of rotatable bonds is 5. The van der Waals surface area contributed by atoms with E-state index in [1.54, 1.807) is 4.57 Å². The minimum Gasteiger partial charge on any atom is -0.471 e. The lowest BCUT2D eigenvalue weighted by atomic mass is 10.0. The van der Waals surface area contributed by atoms with Gasteiger partial charge < -0.3 is 24.9 Å². The first-order valence-electron chi connectivity index (χ1n) is 8.62. The summed E-state index contributed by atoms with van der Waals surface area (Å²) in [7, 11) is 0. The molecule has 9 heteroatoms. The summed E-state index contributed by atoms with van der Waals surface area (Å²) in [6, 6.07) is 9.88. The minimum absolute atomic E-state index is 0.204. The van der Waals surface area contributed by atoms with Crippen molar-refractivity contribution in [3.63, 3.8) is 0 Å². The van der Waals surface area contributed by atoms with Crippen LogP contribution in [0, 0.1) is 10.1 Å². The summed E-state index contributed by atoms with van der Waals surface area (Å²) in [6.45, 7) is 5.81. The first-order valence-corrected chi connectivity index (χ1v) is 8.62. The Morgan fingerprint density at radius 3 is 2.73 bits per heavy atom. The fourth-order valence-electron chi connectivity index (χ4n) is 3.51. The van der Waals surface area contributed by atoms with Gasteiger partial charge in [-0.3, -0.25) is 9.47 Å². The number of ether oxygens (including phenoxy) is 2. The second kappa shape index (κ2) is 6.58. The maximum absolute atomic E-state index is 10.9. The molecule has 1 N–H and O–H groups in total. The summed E-state index contributed by atoms with van der Waals surface area (Å²) in [5.74, 6) is 0.557. The van der Waals surface area contributed by atoms with Crippen LogP contribution in [0.25, 0.3) is 0 Å². The zero-order valence-electron chi connectivity index (χ0n) is 14.5. The molecule has 0 saturated carbocycles. The van der Waals surface area contributed by atoms with E-state index in [4.69, 9.17) is 9.47 Å². The molecule has 1 saturated heterocycles. The van der Waals surface area contributed by atoms with Crippen LogP contribution < -0.4 is 14.8 Å². The summed E-state index contributed by atoms with van der Waals surface area (Å²) in [4.78, 5) is 16.6. The van der Waals surface area contributed by atoms with Gasteiger partial charge in [0.2, 0.25) is 0 Å². The molecule has 4 rings (SSSR count). The Morgan fingerprint density at radius 2 is 2.08 bits per heavy atom. The summed E-state index contributed by atoms with van der Waals surface area (Å²) in [5.41, 5.74) is -0.704. The molecular formula is C17H21N5O4. The van der Waals surface area contributed by atoms with Gasteiger partial charge in [0.25, 0.3) is 0 Å². The summed E-state index contributed by atoms with van der Waals surface area (Å²) in [6.07, 6.45) is 1.07. The monoisotopic (exact) mass is 359 g/mol. The summed E-state index contributed by atoms with van der Waals surface area (Å²) >= 11 is 0. The van der Waals surface area contributed by atoms with E-state index in [1.165, 1.54) is 6.20 Å². The third-order valence-corrected chi connectivity index (χ3v) is 4.72. The molecule has 1 aromatic carbocycles. The number of aromatic nitrogens is 2. The van der Waals surface area contributed by atoms with Gasteiger partial charge in [-0.25, -0.2) is 0 Å². The highest BCUT2D eigenvalue weighted by atomic mass is 16.6. The van der Waals surface area contributed by atoms with E-state index in [-0.39, 0.29) is 18.1 Å². The van der Waals surface area contributed by atoms with Crippen LogP contribution in [0.1, 0.15) is 6.92 Å². The maximum atomic E-state index is 10.9. The number of para-hydroxylation sites is 1. The van der Waals surface area contributed by atoms with E-state index >= 15 is 0 Å². The van der Waals surface area contributed by atoms with Gasteiger partial charge in [-0.05, 0) is 24.0 Å². The molecule has 26 heavy (non-hydrogen) atoms. The first kappa shape index (κ1) is 16.8. The Bertz CT molecular complexity index is 764. The number of fused-ring (bicyclic) bond motifs is 1. The molecule has 0 bridgehead atoms. The van der Waals surface area contributed by atoms with E-state index < -0.39 is 10.5 Å².